The highest BCUT2D eigenvalue weighted by Crippen LogP contribution is 2.30. The topological polar surface area (TPSA) is 49.0 Å². The lowest BCUT2D eigenvalue weighted by Crippen LogP contribution is -1.95. The van der Waals surface area contributed by atoms with Crippen LogP contribution in [0, 0.1) is 11.3 Å². The second kappa shape index (κ2) is 3.69. The van der Waals surface area contributed by atoms with E-state index in [9.17, 15) is 5.21 Å². The molecule has 3 nitrogen and oxygen atoms in total. The van der Waals surface area contributed by atoms with Crippen LogP contribution in [0.4, 0.5) is 0 Å². The third-order valence-electron chi connectivity index (χ3n) is 2.42. The summed E-state index contributed by atoms with van der Waals surface area (Å²) in [5.74, 6) is 0. The van der Waals surface area contributed by atoms with E-state index >= 15 is 0 Å². The minimum absolute atomic E-state index is 0.450. The molecular weight excluding hydrogens is 268 g/mol. The predicted octanol–water partition coefficient (Wildman–Crippen LogP) is 3.55. The van der Waals surface area contributed by atoms with E-state index in [1.807, 2.05) is 12.1 Å². The lowest BCUT2D eigenvalue weighted by atomic mass is 10.1. The van der Waals surface area contributed by atoms with Crippen LogP contribution in [-0.2, 0) is 0 Å². The van der Waals surface area contributed by atoms with Gasteiger partial charge in [-0.25, -0.2) is 0 Å². The van der Waals surface area contributed by atoms with Gasteiger partial charge in [0.15, 0.2) is 0 Å². The van der Waals surface area contributed by atoms with E-state index in [-0.39, 0.29) is 0 Å². The average molecular weight is 277 g/mol. The molecule has 0 aliphatic heterocycles. The molecule has 1 aromatic carbocycles. The number of allylic oxidation sites excluding steroid dienone is 1. The molecule has 0 aliphatic carbocycles. The Kier molecular flexibility index (Phi) is 2.49. The standard InChI is InChI=1S/C12H9BrN2O/c1-7(2)12-10(6-14)9-5-8(13)3-4-11(9)15(12)16/h3-5,16H,1H2,2H3. The monoisotopic (exact) mass is 276 g/mol. The first-order valence-corrected chi connectivity index (χ1v) is 5.44. The minimum Gasteiger partial charge on any atom is -0.428 e. The molecule has 0 fully saturated rings. The zero-order valence-electron chi connectivity index (χ0n) is 8.66. The fraction of sp³-hybridized carbons (Fsp3) is 0.0833. The van der Waals surface area contributed by atoms with Crippen LogP contribution in [0.5, 0.6) is 0 Å². The summed E-state index contributed by atoms with van der Waals surface area (Å²) in [7, 11) is 0. The molecule has 80 valence electrons. The van der Waals surface area contributed by atoms with Crippen LogP contribution in [0.2, 0.25) is 0 Å². The van der Waals surface area contributed by atoms with Gasteiger partial charge < -0.3 is 5.21 Å². The molecule has 0 saturated carbocycles. The molecule has 0 atom stereocenters. The van der Waals surface area contributed by atoms with E-state index in [2.05, 4.69) is 28.6 Å². The molecule has 1 N–H and O–H groups in total. The molecule has 0 unspecified atom stereocenters. The number of hydrogen-bond donors (Lipinski definition) is 1. The van der Waals surface area contributed by atoms with Gasteiger partial charge in [-0.1, -0.05) is 22.5 Å². The molecule has 0 radical (unpaired) electrons. The van der Waals surface area contributed by atoms with Gasteiger partial charge in [-0.15, -0.1) is 0 Å². The van der Waals surface area contributed by atoms with Crippen molar-refractivity contribution in [1.29, 1.82) is 5.26 Å². The number of nitrogens with zero attached hydrogens (tertiary/aromatic N) is 2. The Labute approximate surface area is 101 Å². The zero-order chi connectivity index (χ0) is 11.9. The molecule has 2 aromatic rings. The van der Waals surface area contributed by atoms with Crippen LogP contribution in [0.1, 0.15) is 18.2 Å². The quantitative estimate of drug-likeness (QED) is 0.810. The molecule has 1 aromatic heterocycles. The maximum absolute atomic E-state index is 9.95. The summed E-state index contributed by atoms with van der Waals surface area (Å²) >= 11 is 3.34. The summed E-state index contributed by atoms with van der Waals surface area (Å²) in [4.78, 5) is 0. The van der Waals surface area contributed by atoms with Gasteiger partial charge >= 0.3 is 0 Å². The highest BCUT2D eigenvalue weighted by atomic mass is 79.9. The minimum atomic E-state index is 0.450. The maximum Gasteiger partial charge on any atom is 0.102 e. The second-order valence-electron chi connectivity index (χ2n) is 3.59. The largest absolute Gasteiger partial charge is 0.428 e. The molecule has 1 heterocycles. The molecule has 0 amide bonds. The fourth-order valence-electron chi connectivity index (χ4n) is 1.75. The SMILES string of the molecule is C=C(C)c1c(C#N)c2cc(Br)ccc2n1O. The van der Waals surface area contributed by atoms with Crippen molar-refractivity contribution in [3.05, 3.63) is 40.5 Å². The average Bonchev–Trinajstić information content (AvgIpc) is 2.50. The number of hydrogen-bond acceptors (Lipinski definition) is 2. The smallest absolute Gasteiger partial charge is 0.102 e. The first-order valence-electron chi connectivity index (χ1n) is 4.65. The summed E-state index contributed by atoms with van der Waals surface area (Å²) in [5.41, 5.74) is 2.19. The van der Waals surface area contributed by atoms with Gasteiger partial charge in [-0.05, 0) is 30.7 Å². The van der Waals surface area contributed by atoms with Crippen LogP contribution in [0.25, 0.3) is 16.5 Å². The van der Waals surface area contributed by atoms with Crippen molar-refractivity contribution in [2.75, 3.05) is 0 Å². The van der Waals surface area contributed by atoms with E-state index < -0.39 is 0 Å². The Balaban J connectivity index is 2.98. The van der Waals surface area contributed by atoms with Gasteiger partial charge in [0.2, 0.25) is 0 Å². The number of nitriles is 1. The summed E-state index contributed by atoms with van der Waals surface area (Å²) in [6.07, 6.45) is 0. The van der Waals surface area contributed by atoms with E-state index in [4.69, 9.17) is 5.26 Å². The Hall–Kier alpha value is -1.73. The number of halogens is 1. The van der Waals surface area contributed by atoms with Crippen LogP contribution in [0.15, 0.2) is 29.3 Å². The lowest BCUT2D eigenvalue weighted by molar-refractivity contribution is 0.197. The normalized spacial score (nSPS) is 10.3. The Morgan fingerprint density at radius 3 is 2.81 bits per heavy atom. The summed E-state index contributed by atoms with van der Waals surface area (Å²) in [6.45, 7) is 5.53. The van der Waals surface area contributed by atoms with Gasteiger partial charge in [0.05, 0.1) is 11.1 Å². The van der Waals surface area contributed by atoms with Gasteiger partial charge in [0.1, 0.15) is 11.8 Å². The Bertz CT molecular complexity index is 634. The van der Waals surface area contributed by atoms with Crippen molar-refractivity contribution in [2.24, 2.45) is 0 Å². The molecular formula is C12H9BrN2O. The predicted molar refractivity (Wildman–Crippen MR) is 66.2 cm³/mol. The van der Waals surface area contributed by atoms with Crippen molar-refractivity contribution in [2.45, 2.75) is 6.92 Å². The molecule has 0 aliphatic rings. The maximum atomic E-state index is 9.95. The first-order chi connectivity index (χ1) is 7.56. The van der Waals surface area contributed by atoms with E-state index in [0.717, 1.165) is 14.6 Å². The summed E-state index contributed by atoms with van der Waals surface area (Å²) < 4.78 is 1.89. The van der Waals surface area contributed by atoms with Crippen molar-refractivity contribution in [1.82, 2.24) is 4.73 Å². The fourth-order valence-corrected chi connectivity index (χ4v) is 2.12. The van der Waals surface area contributed by atoms with Crippen LogP contribution < -0.4 is 0 Å². The highest BCUT2D eigenvalue weighted by molar-refractivity contribution is 9.10. The van der Waals surface area contributed by atoms with Crippen molar-refractivity contribution < 1.29 is 5.21 Å². The first kappa shape index (κ1) is 10.8. The van der Waals surface area contributed by atoms with Gasteiger partial charge in [0, 0.05) is 9.86 Å². The number of fused-ring (bicyclic) bond motifs is 1. The Morgan fingerprint density at radius 2 is 2.25 bits per heavy atom. The van der Waals surface area contributed by atoms with Gasteiger partial charge in [-0.3, -0.25) is 0 Å². The van der Waals surface area contributed by atoms with E-state index in [0.29, 0.717) is 22.3 Å². The Morgan fingerprint density at radius 1 is 1.56 bits per heavy atom. The highest BCUT2D eigenvalue weighted by Gasteiger charge is 2.17. The second-order valence-corrected chi connectivity index (χ2v) is 4.50. The van der Waals surface area contributed by atoms with E-state index in [1.54, 1.807) is 13.0 Å². The lowest BCUT2D eigenvalue weighted by Gasteiger charge is -2.00. The molecule has 0 spiro atoms. The summed E-state index contributed by atoms with van der Waals surface area (Å²) in [6, 6.07) is 7.49. The van der Waals surface area contributed by atoms with Gasteiger partial charge in [-0.2, -0.15) is 9.99 Å². The molecule has 0 saturated heterocycles. The van der Waals surface area contributed by atoms with Crippen LogP contribution in [-0.4, -0.2) is 9.94 Å². The van der Waals surface area contributed by atoms with Crippen LogP contribution in [0.3, 0.4) is 0 Å². The van der Waals surface area contributed by atoms with Gasteiger partial charge in [0.25, 0.3) is 0 Å². The molecule has 2 rings (SSSR count). The van der Waals surface area contributed by atoms with Crippen LogP contribution >= 0.6 is 15.9 Å². The molecule has 4 heteroatoms. The van der Waals surface area contributed by atoms with E-state index in [1.165, 1.54) is 0 Å². The number of aromatic nitrogens is 1. The molecule has 16 heavy (non-hydrogen) atoms. The third-order valence-corrected chi connectivity index (χ3v) is 2.91. The molecule has 0 bridgehead atoms. The summed E-state index contributed by atoms with van der Waals surface area (Å²) in [5, 5.41) is 19.8. The zero-order valence-corrected chi connectivity index (χ0v) is 10.2. The third kappa shape index (κ3) is 1.41. The van der Waals surface area contributed by atoms with Crippen molar-refractivity contribution in [3.8, 4) is 6.07 Å². The number of rotatable bonds is 1. The van der Waals surface area contributed by atoms with Crippen molar-refractivity contribution in [3.63, 3.8) is 0 Å². The van der Waals surface area contributed by atoms with Crippen molar-refractivity contribution >= 4 is 32.4 Å². The number of benzene rings is 1.